The van der Waals surface area contributed by atoms with Crippen LogP contribution in [-0.2, 0) is 12.4 Å². The van der Waals surface area contributed by atoms with Crippen molar-refractivity contribution in [3.05, 3.63) is 71.1 Å². The molecule has 176 valence electrons. The summed E-state index contributed by atoms with van der Waals surface area (Å²) < 4.78 is 82.4. The van der Waals surface area contributed by atoms with Crippen LogP contribution in [-0.4, -0.2) is 16.0 Å². The molecule has 3 rings (SSSR count). The molecule has 11 heteroatoms. The van der Waals surface area contributed by atoms with Crippen LogP contribution < -0.4 is 5.32 Å². The zero-order chi connectivity index (χ0) is 24.4. The van der Waals surface area contributed by atoms with Gasteiger partial charge in [0.1, 0.15) is 6.04 Å². The molecule has 1 heterocycles. The van der Waals surface area contributed by atoms with Crippen molar-refractivity contribution in [2.45, 2.75) is 38.7 Å². The predicted octanol–water partition coefficient (Wildman–Crippen LogP) is 6.29. The monoisotopic (exact) mass is 471 g/mol. The van der Waals surface area contributed by atoms with Crippen LogP contribution in [0.2, 0.25) is 0 Å². The second kappa shape index (κ2) is 9.24. The molecule has 0 unspecified atom stereocenters. The van der Waals surface area contributed by atoms with E-state index in [2.05, 4.69) is 15.5 Å². The molecule has 2 aromatic carbocycles. The van der Waals surface area contributed by atoms with Crippen molar-refractivity contribution in [3.63, 3.8) is 0 Å². The van der Waals surface area contributed by atoms with Gasteiger partial charge in [-0.15, -0.1) is 0 Å². The molecule has 0 fully saturated rings. The predicted molar refractivity (Wildman–Crippen MR) is 106 cm³/mol. The fraction of sp³-hybridized carbons (Fsp3) is 0.318. The number of hydrogen-bond acceptors (Lipinski definition) is 4. The summed E-state index contributed by atoms with van der Waals surface area (Å²) in [7, 11) is 0. The molecule has 0 aliphatic heterocycles. The Morgan fingerprint density at radius 2 is 1.64 bits per heavy atom. The molecule has 0 saturated carbocycles. The minimum atomic E-state index is -4.54. The quantitative estimate of drug-likeness (QED) is 0.429. The molecule has 0 aliphatic rings. The van der Waals surface area contributed by atoms with E-state index in [-0.39, 0.29) is 28.8 Å². The summed E-state index contributed by atoms with van der Waals surface area (Å²) in [5.74, 6) is -1.00. The lowest BCUT2D eigenvalue weighted by molar-refractivity contribution is -0.138. The second-order valence-electron chi connectivity index (χ2n) is 7.45. The number of nitrogens with one attached hydrogen (secondary N) is 1. The minimum Gasteiger partial charge on any atom is -0.340 e. The number of carbonyl (C=O) groups is 1. The van der Waals surface area contributed by atoms with E-state index in [4.69, 9.17) is 4.52 Å². The molecule has 0 spiro atoms. The van der Waals surface area contributed by atoms with E-state index >= 15 is 0 Å². The van der Waals surface area contributed by atoms with Gasteiger partial charge in [0.05, 0.1) is 11.1 Å². The van der Waals surface area contributed by atoms with Gasteiger partial charge in [0.15, 0.2) is 0 Å². The van der Waals surface area contributed by atoms with Crippen LogP contribution in [0.3, 0.4) is 0 Å². The third-order valence-electron chi connectivity index (χ3n) is 5.13. The molecular weight excluding hydrogens is 452 g/mol. The third-order valence-corrected chi connectivity index (χ3v) is 5.13. The third kappa shape index (κ3) is 5.71. The van der Waals surface area contributed by atoms with Crippen LogP contribution in [0.1, 0.15) is 53.7 Å². The Bertz CT molecular complexity index is 1110. The van der Waals surface area contributed by atoms with Gasteiger partial charge in [0.25, 0.3) is 5.91 Å². The first-order chi connectivity index (χ1) is 15.4. The Kier molecular flexibility index (Phi) is 6.80. The number of rotatable bonds is 6. The summed E-state index contributed by atoms with van der Waals surface area (Å²) in [6.45, 7) is 3.62. The number of hydrogen-bond donors (Lipinski definition) is 1. The first kappa shape index (κ1) is 24.3. The Balaban J connectivity index is 1.85. The summed E-state index contributed by atoms with van der Waals surface area (Å²) in [4.78, 5) is 16.8. The highest BCUT2D eigenvalue weighted by atomic mass is 19.4. The van der Waals surface area contributed by atoms with Gasteiger partial charge in [-0.05, 0) is 42.3 Å². The zero-order valence-corrected chi connectivity index (χ0v) is 17.5. The SMILES string of the molecule is CC[C@H](C)[C@@H](NC(=O)c1ccc(C(F)(F)F)cc1)c1nc(-c2cccc(C(F)(F)F)c2)no1. The van der Waals surface area contributed by atoms with Gasteiger partial charge < -0.3 is 9.84 Å². The van der Waals surface area contributed by atoms with Crippen LogP contribution in [0.25, 0.3) is 11.4 Å². The van der Waals surface area contributed by atoms with Gasteiger partial charge in [0.2, 0.25) is 11.7 Å². The molecule has 3 aromatic rings. The highest BCUT2D eigenvalue weighted by molar-refractivity contribution is 5.94. The molecular formula is C22H19F6N3O2. The van der Waals surface area contributed by atoms with Crippen molar-refractivity contribution in [1.82, 2.24) is 15.5 Å². The Morgan fingerprint density at radius 1 is 1.00 bits per heavy atom. The topological polar surface area (TPSA) is 68.0 Å². The lowest BCUT2D eigenvalue weighted by Crippen LogP contribution is -2.32. The van der Waals surface area contributed by atoms with Crippen molar-refractivity contribution in [1.29, 1.82) is 0 Å². The van der Waals surface area contributed by atoms with Crippen LogP contribution in [0.5, 0.6) is 0 Å². The minimum absolute atomic E-state index is 0.00563. The molecule has 2 atom stereocenters. The van der Waals surface area contributed by atoms with Gasteiger partial charge in [0, 0.05) is 11.1 Å². The first-order valence-corrected chi connectivity index (χ1v) is 9.89. The van der Waals surface area contributed by atoms with Crippen LogP contribution >= 0.6 is 0 Å². The standard InChI is InChI=1S/C22H19F6N3O2/c1-3-12(2)17(29-19(32)13-7-9-15(10-8-13)21(23,24)25)20-30-18(31-33-20)14-5-4-6-16(11-14)22(26,27)28/h4-12,17H,3H2,1-2H3,(H,29,32)/t12-,17+/m0/s1. The molecule has 0 bridgehead atoms. The smallest absolute Gasteiger partial charge is 0.340 e. The number of aromatic nitrogens is 2. The number of amides is 1. The first-order valence-electron chi connectivity index (χ1n) is 9.89. The summed E-state index contributed by atoms with van der Waals surface area (Å²) in [6, 6.07) is 7.29. The highest BCUT2D eigenvalue weighted by Gasteiger charge is 2.32. The van der Waals surface area contributed by atoms with Gasteiger partial charge >= 0.3 is 12.4 Å². The van der Waals surface area contributed by atoms with E-state index in [0.29, 0.717) is 6.42 Å². The van der Waals surface area contributed by atoms with Crippen molar-refractivity contribution in [2.24, 2.45) is 5.92 Å². The number of carbonyl (C=O) groups excluding carboxylic acids is 1. The lowest BCUT2D eigenvalue weighted by Gasteiger charge is -2.21. The zero-order valence-electron chi connectivity index (χ0n) is 17.5. The maximum absolute atomic E-state index is 13.0. The summed E-state index contributed by atoms with van der Waals surface area (Å²) in [5.41, 5.74) is -1.69. The molecule has 0 aliphatic carbocycles. The van der Waals surface area contributed by atoms with E-state index in [0.717, 1.165) is 36.4 Å². The van der Waals surface area contributed by atoms with E-state index in [1.54, 1.807) is 6.92 Å². The van der Waals surface area contributed by atoms with E-state index in [9.17, 15) is 31.1 Å². The lowest BCUT2D eigenvalue weighted by atomic mass is 9.98. The molecule has 33 heavy (non-hydrogen) atoms. The Morgan fingerprint density at radius 3 is 2.21 bits per heavy atom. The van der Waals surface area contributed by atoms with Crippen molar-refractivity contribution in [2.75, 3.05) is 0 Å². The average Bonchev–Trinajstić information content (AvgIpc) is 3.26. The van der Waals surface area contributed by atoms with E-state index in [1.165, 1.54) is 12.1 Å². The molecule has 5 nitrogen and oxygen atoms in total. The van der Waals surface area contributed by atoms with Crippen molar-refractivity contribution < 1.29 is 35.7 Å². The van der Waals surface area contributed by atoms with Gasteiger partial charge in [-0.25, -0.2) is 0 Å². The summed E-state index contributed by atoms with van der Waals surface area (Å²) in [6.07, 6.45) is -8.51. The van der Waals surface area contributed by atoms with E-state index < -0.39 is 35.4 Å². The van der Waals surface area contributed by atoms with E-state index in [1.807, 2.05) is 6.92 Å². The van der Waals surface area contributed by atoms with Gasteiger partial charge in [-0.1, -0.05) is 37.6 Å². The largest absolute Gasteiger partial charge is 0.416 e. The van der Waals surface area contributed by atoms with Crippen LogP contribution in [0, 0.1) is 5.92 Å². The maximum atomic E-state index is 13.0. The highest BCUT2D eigenvalue weighted by Crippen LogP contribution is 2.33. The summed E-state index contributed by atoms with van der Waals surface area (Å²) in [5, 5.41) is 6.40. The fourth-order valence-corrected chi connectivity index (χ4v) is 3.03. The number of halogens is 6. The summed E-state index contributed by atoms with van der Waals surface area (Å²) >= 11 is 0. The van der Waals surface area contributed by atoms with Crippen LogP contribution in [0.15, 0.2) is 53.1 Å². The van der Waals surface area contributed by atoms with Crippen molar-refractivity contribution in [3.8, 4) is 11.4 Å². The van der Waals surface area contributed by atoms with Crippen LogP contribution in [0.4, 0.5) is 26.3 Å². The average molecular weight is 471 g/mol. The van der Waals surface area contributed by atoms with Crippen molar-refractivity contribution >= 4 is 5.91 Å². The maximum Gasteiger partial charge on any atom is 0.416 e. The molecule has 1 aromatic heterocycles. The Labute approximate surface area is 184 Å². The molecule has 0 radical (unpaired) electrons. The molecule has 1 N–H and O–H groups in total. The van der Waals surface area contributed by atoms with Gasteiger partial charge in [-0.2, -0.15) is 31.3 Å². The molecule has 1 amide bonds. The second-order valence-corrected chi connectivity index (χ2v) is 7.45. The number of nitrogens with zero attached hydrogens (tertiary/aromatic N) is 2. The number of alkyl halides is 6. The fourth-order valence-electron chi connectivity index (χ4n) is 3.03. The normalized spacial score (nSPS) is 14.1. The number of benzene rings is 2. The van der Waals surface area contributed by atoms with Gasteiger partial charge in [-0.3, -0.25) is 4.79 Å². The Hall–Kier alpha value is -3.37. The molecule has 0 saturated heterocycles.